The number of hydrogen-bond donors (Lipinski definition) is 1. The number of nitrogens with zero attached hydrogens (tertiary/aromatic N) is 1. The summed E-state index contributed by atoms with van der Waals surface area (Å²) < 4.78 is 0. The summed E-state index contributed by atoms with van der Waals surface area (Å²) in [6.07, 6.45) is 0. The van der Waals surface area contributed by atoms with Crippen LogP contribution in [0.5, 0.6) is 5.75 Å². The van der Waals surface area contributed by atoms with Gasteiger partial charge in [0.15, 0.2) is 0 Å². The van der Waals surface area contributed by atoms with E-state index in [1.54, 1.807) is 0 Å². The fourth-order valence-electron chi connectivity index (χ4n) is 0.775. The van der Waals surface area contributed by atoms with Gasteiger partial charge in [0.25, 0.3) is 0 Å². The first-order valence-electron chi connectivity index (χ1n) is 3.07. The number of nitro groups is 1. The number of benzene rings is 1. The van der Waals surface area contributed by atoms with E-state index in [-0.39, 0.29) is 10.0 Å². The molecule has 0 saturated carbocycles. The van der Waals surface area contributed by atoms with Crippen molar-refractivity contribution in [1.29, 1.82) is 0 Å². The van der Waals surface area contributed by atoms with Crippen LogP contribution in [0.3, 0.4) is 0 Å². The molecule has 0 bridgehead atoms. The summed E-state index contributed by atoms with van der Waals surface area (Å²) in [5.41, 5.74) is -0.758. The number of nitro benzene ring substituents is 1. The number of rotatable bonds is 1. The van der Waals surface area contributed by atoms with Gasteiger partial charge in [-0.2, -0.15) is 0 Å². The van der Waals surface area contributed by atoms with Crippen molar-refractivity contribution in [3.05, 3.63) is 30.2 Å². The Bertz CT molecular complexity index is 391. The molecule has 0 radical (unpaired) electrons. The zero-order valence-corrected chi connectivity index (χ0v) is 9.25. The highest BCUT2D eigenvalue weighted by molar-refractivity contribution is 6.53. The first-order valence-corrected chi connectivity index (χ1v) is 4.58. The molecule has 76 valence electrons. The summed E-state index contributed by atoms with van der Waals surface area (Å²) in [5.74, 6) is -0.795. The van der Waals surface area contributed by atoms with Crippen LogP contribution in [0, 0.1) is 10.1 Å². The van der Waals surface area contributed by atoms with Crippen molar-refractivity contribution in [3.8, 4) is 5.75 Å². The molecule has 8 heteroatoms. The molecule has 0 saturated heterocycles. The second-order valence-electron chi connectivity index (χ2n) is 2.21. The summed E-state index contributed by atoms with van der Waals surface area (Å²) in [6.45, 7) is 0. The first-order chi connectivity index (χ1) is 6.37. The zero-order valence-electron chi connectivity index (χ0n) is 6.22. The van der Waals surface area contributed by atoms with Crippen LogP contribution in [-0.4, -0.2) is 10.0 Å². The predicted molar refractivity (Wildman–Crippen MR) is 54.8 cm³/mol. The van der Waals surface area contributed by atoms with E-state index in [0.717, 1.165) is 0 Å². The number of aromatic hydroxyl groups is 1. The normalized spacial score (nSPS) is 10.3. The van der Waals surface area contributed by atoms with E-state index < -0.39 is 26.4 Å². The summed E-state index contributed by atoms with van der Waals surface area (Å²) in [5, 5.41) is 18.4. The lowest BCUT2D eigenvalue weighted by atomic mass is 10.3. The van der Waals surface area contributed by atoms with Crippen LogP contribution in [0.1, 0.15) is 0 Å². The van der Waals surface area contributed by atoms with Crippen molar-refractivity contribution < 1.29 is 10.0 Å². The molecule has 0 spiro atoms. The van der Waals surface area contributed by atoms with E-state index in [9.17, 15) is 15.2 Å². The average molecular weight is 277 g/mol. The van der Waals surface area contributed by atoms with E-state index >= 15 is 0 Å². The van der Waals surface area contributed by atoms with Crippen LogP contribution in [0.4, 0.5) is 5.69 Å². The Kier molecular flexibility index (Phi) is 3.32. The maximum Gasteiger partial charge on any atom is 0.332 e. The molecule has 0 amide bonds. The third-order valence-electron chi connectivity index (χ3n) is 1.40. The first kappa shape index (κ1) is 11.7. The van der Waals surface area contributed by atoms with Crippen LogP contribution < -0.4 is 0 Å². The molecule has 0 aliphatic carbocycles. The lowest BCUT2D eigenvalue weighted by Gasteiger charge is -2.05. The maximum atomic E-state index is 10.5. The summed E-state index contributed by atoms with van der Waals surface area (Å²) in [7, 11) is 0. The fraction of sp³-hybridized carbons (Fsp3) is 0. The minimum atomic E-state index is -0.897. The zero-order chi connectivity index (χ0) is 11.0. The van der Waals surface area contributed by atoms with Gasteiger partial charge < -0.3 is 5.11 Å². The largest absolute Gasteiger partial charge is 0.501 e. The van der Waals surface area contributed by atoms with Gasteiger partial charge >= 0.3 is 5.69 Å². The molecule has 0 unspecified atom stereocenters. The summed E-state index contributed by atoms with van der Waals surface area (Å²) >= 11 is 22.0. The molecule has 4 nitrogen and oxygen atoms in total. The smallest absolute Gasteiger partial charge is 0.332 e. The van der Waals surface area contributed by atoms with Gasteiger partial charge in [0, 0.05) is 0 Å². The van der Waals surface area contributed by atoms with E-state index in [4.69, 9.17) is 46.4 Å². The lowest BCUT2D eigenvalue weighted by Crippen LogP contribution is -1.92. The number of phenolic OH excluding ortho intramolecular Hbond substituents is 1. The van der Waals surface area contributed by atoms with Gasteiger partial charge in [-0.05, 0) is 0 Å². The number of halogens is 4. The topological polar surface area (TPSA) is 63.4 Å². The van der Waals surface area contributed by atoms with Crippen molar-refractivity contribution in [2.45, 2.75) is 0 Å². The van der Waals surface area contributed by atoms with Crippen LogP contribution in [0.25, 0.3) is 0 Å². The van der Waals surface area contributed by atoms with Crippen molar-refractivity contribution in [2.24, 2.45) is 0 Å². The lowest BCUT2D eigenvalue weighted by molar-refractivity contribution is -0.385. The van der Waals surface area contributed by atoms with E-state index in [1.165, 1.54) is 0 Å². The predicted octanol–water partition coefficient (Wildman–Crippen LogP) is 3.91. The number of hydrogen-bond acceptors (Lipinski definition) is 3. The molecule has 0 aromatic heterocycles. The van der Waals surface area contributed by atoms with Crippen molar-refractivity contribution in [1.82, 2.24) is 0 Å². The molecule has 0 aliphatic heterocycles. The van der Waals surface area contributed by atoms with E-state index in [1.807, 2.05) is 0 Å². The molecular formula is C6HCl4NO3. The minimum absolute atomic E-state index is 0.221. The van der Waals surface area contributed by atoms with Gasteiger partial charge in [0.1, 0.15) is 10.0 Å². The molecular weight excluding hydrogens is 276 g/mol. The molecule has 1 rings (SSSR count). The summed E-state index contributed by atoms with van der Waals surface area (Å²) in [6, 6.07) is 0. The Balaban J connectivity index is 3.68. The van der Waals surface area contributed by atoms with Gasteiger partial charge in [-0.1, -0.05) is 46.4 Å². The van der Waals surface area contributed by atoms with Gasteiger partial charge in [0.05, 0.1) is 15.0 Å². The highest BCUT2D eigenvalue weighted by atomic mass is 35.5. The Morgan fingerprint density at radius 1 is 1.00 bits per heavy atom. The SMILES string of the molecule is O=[N+]([O-])c1c(O)c(Cl)c(Cl)c(Cl)c1Cl. The third-order valence-corrected chi connectivity index (χ3v) is 3.18. The second-order valence-corrected chi connectivity index (χ2v) is 3.72. The van der Waals surface area contributed by atoms with E-state index in [0.29, 0.717) is 0 Å². The van der Waals surface area contributed by atoms with Crippen molar-refractivity contribution in [2.75, 3.05) is 0 Å². The Hall–Kier alpha value is -0.420. The second kappa shape index (κ2) is 3.98. The maximum absolute atomic E-state index is 10.5. The highest BCUT2D eigenvalue weighted by Gasteiger charge is 2.27. The summed E-state index contributed by atoms with van der Waals surface area (Å²) in [4.78, 5) is 9.56. The molecule has 1 N–H and O–H groups in total. The van der Waals surface area contributed by atoms with Crippen LogP contribution >= 0.6 is 46.4 Å². The van der Waals surface area contributed by atoms with Crippen LogP contribution in [0.15, 0.2) is 0 Å². The highest BCUT2D eigenvalue weighted by Crippen LogP contribution is 2.48. The standard InChI is InChI=1S/C6HCl4NO3/c7-1-2(8)4(10)6(12)5(3(1)9)11(13)14/h12H. The van der Waals surface area contributed by atoms with Crippen LogP contribution in [0.2, 0.25) is 20.1 Å². The van der Waals surface area contributed by atoms with Crippen molar-refractivity contribution in [3.63, 3.8) is 0 Å². The Labute approximate surface area is 98.1 Å². The molecule has 1 aromatic rings. The average Bonchev–Trinajstić information content (AvgIpc) is 2.11. The quantitative estimate of drug-likeness (QED) is 0.366. The molecule has 0 fully saturated rings. The fourth-order valence-corrected chi connectivity index (χ4v) is 1.68. The van der Waals surface area contributed by atoms with Gasteiger partial charge in [-0.3, -0.25) is 10.1 Å². The molecule has 0 aliphatic rings. The van der Waals surface area contributed by atoms with Crippen molar-refractivity contribution >= 4 is 52.1 Å². The Morgan fingerprint density at radius 3 is 1.86 bits per heavy atom. The molecule has 0 atom stereocenters. The van der Waals surface area contributed by atoms with Crippen LogP contribution in [-0.2, 0) is 0 Å². The molecule has 0 heterocycles. The van der Waals surface area contributed by atoms with Gasteiger partial charge in [0.2, 0.25) is 5.75 Å². The van der Waals surface area contributed by atoms with E-state index in [2.05, 4.69) is 0 Å². The monoisotopic (exact) mass is 275 g/mol. The van der Waals surface area contributed by atoms with Gasteiger partial charge in [-0.15, -0.1) is 0 Å². The third kappa shape index (κ3) is 1.70. The minimum Gasteiger partial charge on any atom is -0.501 e. The molecule has 14 heavy (non-hydrogen) atoms. The van der Waals surface area contributed by atoms with Gasteiger partial charge in [-0.25, -0.2) is 0 Å². The Morgan fingerprint density at radius 2 is 1.43 bits per heavy atom. The molecule has 1 aromatic carbocycles. The number of phenols is 1.